The number of nitrogens with one attached hydrogen (secondary N) is 1. The Morgan fingerprint density at radius 3 is 2.71 bits per heavy atom. The Morgan fingerprint density at radius 1 is 1.53 bits per heavy atom. The van der Waals surface area contributed by atoms with Crippen LogP contribution in [0, 0.1) is 5.82 Å². The van der Waals surface area contributed by atoms with Crippen molar-refractivity contribution in [1.82, 2.24) is 4.72 Å². The first-order valence-electron chi connectivity index (χ1n) is 4.79. The fraction of sp³-hybridized carbons (Fsp3) is 0.400. The van der Waals surface area contributed by atoms with E-state index in [-0.39, 0.29) is 4.66 Å². The van der Waals surface area contributed by atoms with Gasteiger partial charge in [0.2, 0.25) is 10.0 Å². The molecule has 0 aliphatic heterocycles. The first-order chi connectivity index (χ1) is 7.89. The quantitative estimate of drug-likeness (QED) is 0.844. The second-order valence-electron chi connectivity index (χ2n) is 3.45. The van der Waals surface area contributed by atoms with Crippen LogP contribution in [-0.4, -0.2) is 20.2 Å². The third-order valence-electron chi connectivity index (χ3n) is 2.16. The van der Waals surface area contributed by atoms with Crippen LogP contribution in [0.1, 0.15) is 18.5 Å². The van der Waals surface area contributed by atoms with E-state index in [2.05, 4.69) is 20.7 Å². The summed E-state index contributed by atoms with van der Waals surface area (Å²) in [5, 5.41) is 0. The molecule has 7 heteroatoms. The maximum atomic E-state index is 13.1. The van der Waals surface area contributed by atoms with E-state index in [0.717, 1.165) is 0 Å². The molecule has 0 heterocycles. The number of rotatable bonds is 5. The monoisotopic (exact) mass is 325 g/mol. The summed E-state index contributed by atoms with van der Waals surface area (Å²) in [5.41, 5.74) is 0.456. The van der Waals surface area contributed by atoms with Gasteiger partial charge in [0.25, 0.3) is 0 Å². The molecular formula is C10H13BrFNO3S. The van der Waals surface area contributed by atoms with Crippen LogP contribution < -0.4 is 9.46 Å². The molecule has 1 aromatic carbocycles. The number of sulfonamides is 1. The Kier molecular flexibility index (Phi) is 4.91. The van der Waals surface area contributed by atoms with Crippen molar-refractivity contribution in [3.8, 4) is 5.75 Å². The van der Waals surface area contributed by atoms with Gasteiger partial charge in [-0.1, -0.05) is 15.9 Å². The van der Waals surface area contributed by atoms with Gasteiger partial charge in [0, 0.05) is 11.6 Å². The molecule has 1 rings (SSSR count). The largest absolute Gasteiger partial charge is 0.496 e. The summed E-state index contributed by atoms with van der Waals surface area (Å²) < 4.78 is 43.1. The van der Waals surface area contributed by atoms with Gasteiger partial charge >= 0.3 is 0 Å². The minimum atomic E-state index is -3.42. The summed E-state index contributed by atoms with van der Waals surface area (Å²) in [4.78, 5) is 0. The van der Waals surface area contributed by atoms with E-state index in [0.29, 0.717) is 11.3 Å². The molecule has 0 bridgehead atoms. The molecule has 0 amide bonds. The molecule has 4 nitrogen and oxygen atoms in total. The number of hydrogen-bond acceptors (Lipinski definition) is 3. The molecule has 0 aromatic heterocycles. The average Bonchev–Trinajstić information content (AvgIpc) is 2.28. The molecule has 1 atom stereocenters. The molecule has 0 aliphatic carbocycles. The van der Waals surface area contributed by atoms with Crippen molar-refractivity contribution in [3.05, 3.63) is 29.6 Å². The number of methoxy groups -OCH3 is 1. The highest BCUT2D eigenvalue weighted by molar-refractivity contribution is 9.10. The molecule has 1 aromatic rings. The third-order valence-corrected chi connectivity index (χ3v) is 4.97. The Bertz CT molecular complexity index is 492. The smallest absolute Gasteiger partial charge is 0.222 e. The van der Waals surface area contributed by atoms with E-state index in [9.17, 15) is 12.8 Å². The van der Waals surface area contributed by atoms with Crippen LogP contribution >= 0.6 is 15.9 Å². The van der Waals surface area contributed by atoms with Crippen molar-refractivity contribution < 1.29 is 17.5 Å². The lowest BCUT2D eigenvalue weighted by Gasteiger charge is -2.16. The number of halogens is 2. The fourth-order valence-corrected chi connectivity index (χ4v) is 2.53. The zero-order chi connectivity index (χ0) is 13.1. The summed E-state index contributed by atoms with van der Waals surface area (Å²) >= 11 is 2.87. The van der Waals surface area contributed by atoms with Crippen LogP contribution in [0.15, 0.2) is 18.2 Å². The van der Waals surface area contributed by atoms with E-state index in [4.69, 9.17) is 4.74 Å². The van der Waals surface area contributed by atoms with E-state index in [1.807, 2.05) is 0 Å². The molecule has 0 radical (unpaired) electrons. The van der Waals surface area contributed by atoms with Crippen LogP contribution in [0.25, 0.3) is 0 Å². The van der Waals surface area contributed by atoms with Crippen LogP contribution in [0.5, 0.6) is 5.75 Å². The Labute approximate surface area is 108 Å². The van der Waals surface area contributed by atoms with Gasteiger partial charge in [0.1, 0.15) is 16.2 Å². The van der Waals surface area contributed by atoms with Gasteiger partial charge in [-0.15, -0.1) is 0 Å². The van der Waals surface area contributed by atoms with Crippen LogP contribution in [0.2, 0.25) is 0 Å². The second kappa shape index (κ2) is 5.79. The van der Waals surface area contributed by atoms with Gasteiger partial charge in [0.05, 0.1) is 7.11 Å². The normalized spacial score (nSPS) is 13.4. The summed E-state index contributed by atoms with van der Waals surface area (Å²) in [6, 6.07) is 3.40. The highest BCUT2D eigenvalue weighted by Crippen LogP contribution is 2.26. The van der Waals surface area contributed by atoms with E-state index >= 15 is 0 Å². The molecule has 0 spiro atoms. The van der Waals surface area contributed by atoms with Crippen LogP contribution in [0.3, 0.4) is 0 Å². The van der Waals surface area contributed by atoms with Crippen molar-refractivity contribution in [1.29, 1.82) is 0 Å². The minimum absolute atomic E-state index is 0.206. The van der Waals surface area contributed by atoms with E-state index in [1.165, 1.54) is 25.3 Å². The lowest BCUT2D eigenvalue weighted by molar-refractivity contribution is 0.403. The van der Waals surface area contributed by atoms with Gasteiger partial charge in [0.15, 0.2) is 0 Å². The molecule has 0 aliphatic rings. The highest BCUT2D eigenvalue weighted by atomic mass is 79.9. The molecule has 1 unspecified atom stereocenters. The van der Waals surface area contributed by atoms with Gasteiger partial charge in [-0.25, -0.2) is 17.5 Å². The van der Waals surface area contributed by atoms with Crippen molar-refractivity contribution in [2.24, 2.45) is 0 Å². The average molecular weight is 326 g/mol. The molecular weight excluding hydrogens is 313 g/mol. The molecule has 17 heavy (non-hydrogen) atoms. The molecule has 0 saturated heterocycles. The van der Waals surface area contributed by atoms with Gasteiger partial charge in [-0.05, 0) is 25.1 Å². The number of alkyl halides is 1. The standard InChI is InChI=1S/C10H13BrFNO3S/c1-7(13-17(14,15)6-11)9-5-8(12)3-4-10(9)16-2/h3-5,7,13H,6H2,1-2H3. The maximum absolute atomic E-state index is 13.1. The fourth-order valence-electron chi connectivity index (χ4n) is 1.41. The predicted molar refractivity (Wildman–Crippen MR) is 67.2 cm³/mol. The van der Waals surface area contributed by atoms with Crippen LogP contribution in [-0.2, 0) is 10.0 Å². The first-order valence-corrected chi connectivity index (χ1v) is 7.56. The number of benzene rings is 1. The predicted octanol–water partition coefficient (Wildman–Crippen LogP) is 2.17. The third kappa shape index (κ3) is 3.93. The summed E-state index contributed by atoms with van der Waals surface area (Å²) in [5.74, 6) is 0.00172. The van der Waals surface area contributed by atoms with Crippen molar-refractivity contribution >= 4 is 26.0 Å². The zero-order valence-electron chi connectivity index (χ0n) is 9.41. The van der Waals surface area contributed by atoms with Crippen molar-refractivity contribution in [2.45, 2.75) is 13.0 Å². The first kappa shape index (κ1) is 14.4. The summed E-state index contributed by atoms with van der Waals surface area (Å²) in [6.07, 6.45) is 0. The Hall–Kier alpha value is -0.660. The SMILES string of the molecule is COc1ccc(F)cc1C(C)NS(=O)(=O)CBr. The Morgan fingerprint density at radius 2 is 2.18 bits per heavy atom. The molecule has 0 saturated carbocycles. The lowest BCUT2D eigenvalue weighted by Crippen LogP contribution is -2.27. The topological polar surface area (TPSA) is 55.4 Å². The summed E-state index contributed by atoms with van der Waals surface area (Å²) in [7, 11) is -1.97. The highest BCUT2D eigenvalue weighted by Gasteiger charge is 2.18. The molecule has 96 valence electrons. The van der Waals surface area contributed by atoms with Gasteiger partial charge in [-0.2, -0.15) is 0 Å². The Balaban J connectivity index is 3.03. The van der Waals surface area contributed by atoms with Crippen LogP contribution in [0.4, 0.5) is 4.39 Å². The zero-order valence-corrected chi connectivity index (χ0v) is 11.8. The number of hydrogen-bond donors (Lipinski definition) is 1. The molecule has 1 N–H and O–H groups in total. The second-order valence-corrected chi connectivity index (χ2v) is 6.51. The van der Waals surface area contributed by atoms with Gasteiger partial charge < -0.3 is 4.74 Å². The summed E-state index contributed by atoms with van der Waals surface area (Å²) in [6.45, 7) is 1.62. The number of ether oxygens (including phenoxy) is 1. The van der Waals surface area contributed by atoms with E-state index in [1.54, 1.807) is 6.92 Å². The lowest BCUT2D eigenvalue weighted by atomic mass is 10.1. The van der Waals surface area contributed by atoms with Gasteiger partial charge in [-0.3, -0.25) is 0 Å². The van der Waals surface area contributed by atoms with Crippen molar-refractivity contribution in [2.75, 3.05) is 11.8 Å². The van der Waals surface area contributed by atoms with E-state index < -0.39 is 21.9 Å². The maximum Gasteiger partial charge on any atom is 0.222 e. The minimum Gasteiger partial charge on any atom is -0.496 e. The molecule has 0 fully saturated rings. The van der Waals surface area contributed by atoms with Crippen molar-refractivity contribution in [3.63, 3.8) is 0 Å².